The molecule has 0 spiro atoms. The second-order valence-corrected chi connectivity index (χ2v) is 6.90. The molecule has 1 aliphatic carbocycles. The zero-order valence-corrected chi connectivity index (χ0v) is 15.8. The number of hydrogen-bond donors (Lipinski definition) is 2. The van der Waals surface area contributed by atoms with Gasteiger partial charge in [-0.2, -0.15) is 10.5 Å². The predicted octanol–water partition coefficient (Wildman–Crippen LogP) is 4.13. The topological polar surface area (TPSA) is 88.7 Å². The average Bonchev–Trinajstić information content (AvgIpc) is 2.74. The molecule has 0 saturated heterocycles. The van der Waals surface area contributed by atoms with Crippen molar-refractivity contribution >= 4 is 11.6 Å². The molecule has 0 saturated carbocycles. The third kappa shape index (κ3) is 4.39. The van der Waals surface area contributed by atoms with E-state index in [1.807, 2.05) is 19.1 Å². The van der Waals surface area contributed by atoms with Gasteiger partial charge in [0.05, 0.1) is 17.3 Å². The highest BCUT2D eigenvalue weighted by atomic mass is 16.1. The summed E-state index contributed by atoms with van der Waals surface area (Å²) in [6.45, 7) is 1.91. The van der Waals surface area contributed by atoms with Crippen LogP contribution in [0.3, 0.4) is 0 Å². The standard InChI is InChI=1S/C23H22N4O/c1-16(18-11-10-17-6-2-3-7-19(17)12-18)27-23(28)21(14-25)15-26-22-9-5-4-8-20(22)13-24/h4-5,8-12,15-16,26H,2-3,6-7H2,1H3,(H,27,28)/b21-15-. The molecule has 1 amide bonds. The van der Waals surface area contributed by atoms with Crippen LogP contribution in [0.15, 0.2) is 54.2 Å². The molecular formula is C23H22N4O. The van der Waals surface area contributed by atoms with Crippen LogP contribution in [0, 0.1) is 22.7 Å². The molecule has 0 aromatic heterocycles. The number of fused-ring (bicyclic) bond motifs is 1. The minimum atomic E-state index is -0.449. The second kappa shape index (κ2) is 8.88. The summed E-state index contributed by atoms with van der Waals surface area (Å²) in [6, 6.07) is 17.1. The number of carbonyl (C=O) groups is 1. The molecule has 0 radical (unpaired) electrons. The zero-order chi connectivity index (χ0) is 19.9. The van der Waals surface area contributed by atoms with Crippen LogP contribution < -0.4 is 10.6 Å². The lowest BCUT2D eigenvalue weighted by Gasteiger charge is -2.20. The summed E-state index contributed by atoms with van der Waals surface area (Å²) in [6.07, 6.45) is 5.97. The zero-order valence-electron chi connectivity index (χ0n) is 15.8. The number of nitrogens with one attached hydrogen (secondary N) is 2. The Hall–Kier alpha value is -3.57. The van der Waals surface area contributed by atoms with Crippen LogP contribution >= 0.6 is 0 Å². The highest BCUT2D eigenvalue weighted by Gasteiger charge is 2.16. The average molecular weight is 370 g/mol. The van der Waals surface area contributed by atoms with Gasteiger partial charge >= 0.3 is 0 Å². The molecule has 0 fully saturated rings. The third-order valence-electron chi connectivity index (χ3n) is 5.00. The number of rotatable bonds is 5. The highest BCUT2D eigenvalue weighted by Crippen LogP contribution is 2.25. The van der Waals surface area contributed by atoms with Gasteiger partial charge in [-0.3, -0.25) is 4.79 Å². The fourth-order valence-electron chi connectivity index (χ4n) is 3.39. The second-order valence-electron chi connectivity index (χ2n) is 6.90. The lowest BCUT2D eigenvalue weighted by atomic mass is 9.89. The van der Waals surface area contributed by atoms with Crippen LogP contribution in [0.5, 0.6) is 0 Å². The summed E-state index contributed by atoms with van der Waals surface area (Å²) < 4.78 is 0. The van der Waals surface area contributed by atoms with Crippen molar-refractivity contribution in [2.24, 2.45) is 0 Å². The van der Waals surface area contributed by atoms with E-state index in [1.165, 1.54) is 30.2 Å². The maximum absolute atomic E-state index is 12.5. The number of aryl methyl sites for hydroxylation is 2. The van der Waals surface area contributed by atoms with Gasteiger partial charge in [-0.15, -0.1) is 0 Å². The number of benzene rings is 2. The van der Waals surface area contributed by atoms with Crippen LogP contribution in [0.25, 0.3) is 0 Å². The molecule has 2 N–H and O–H groups in total. The van der Waals surface area contributed by atoms with Gasteiger partial charge in [-0.05, 0) is 61.4 Å². The number of amides is 1. The molecule has 0 heterocycles. The van der Waals surface area contributed by atoms with Gasteiger partial charge in [0.1, 0.15) is 17.7 Å². The van der Waals surface area contributed by atoms with Gasteiger partial charge in [0.15, 0.2) is 0 Å². The Labute approximate surface area is 165 Å². The molecule has 2 aromatic carbocycles. The molecule has 5 heteroatoms. The highest BCUT2D eigenvalue weighted by molar-refractivity contribution is 5.97. The Bertz CT molecular complexity index is 994. The van der Waals surface area contributed by atoms with E-state index in [1.54, 1.807) is 24.3 Å². The maximum atomic E-state index is 12.5. The molecule has 2 aromatic rings. The monoisotopic (exact) mass is 370 g/mol. The SMILES string of the molecule is CC(NC(=O)/C(C#N)=C\Nc1ccccc1C#N)c1ccc2c(c1)CCCC2. The number of carbonyl (C=O) groups excluding carboxylic acids is 1. The van der Waals surface area contributed by atoms with Crippen LogP contribution in [-0.2, 0) is 17.6 Å². The molecule has 28 heavy (non-hydrogen) atoms. The molecule has 0 bridgehead atoms. The summed E-state index contributed by atoms with van der Waals surface area (Å²) in [5.74, 6) is -0.449. The molecule has 0 aliphatic heterocycles. The molecule has 1 unspecified atom stereocenters. The minimum Gasteiger partial charge on any atom is -0.359 e. The first-order valence-corrected chi connectivity index (χ1v) is 9.41. The first-order valence-electron chi connectivity index (χ1n) is 9.41. The number of nitriles is 2. The lowest BCUT2D eigenvalue weighted by Crippen LogP contribution is -2.28. The van der Waals surface area contributed by atoms with E-state index in [0.29, 0.717) is 11.3 Å². The van der Waals surface area contributed by atoms with Crippen LogP contribution in [0.4, 0.5) is 5.69 Å². The molecule has 3 rings (SSSR count). The van der Waals surface area contributed by atoms with Crippen molar-refractivity contribution in [3.05, 3.63) is 76.5 Å². The lowest BCUT2D eigenvalue weighted by molar-refractivity contribution is -0.117. The van der Waals surface area contributed by atoms with Gasteiger partial charge < -0.3 is 10.6 Å². The Kier molecular flexibility index (Phi) is 6.09. The number of hydrogen-bond acceptors (Lipinski definition) is 4. The number of anilines is 1. The normalized spacial score (nSPS) is 14.2. The van der Waals surface area contributed by atoms with Gasteiger partial charge in [0, 0.05) is 6.20 Å². The largest absolute Gasteiger partial charge is 0.359 e. The molecule has 1 aliphatic rings. The van der Waals surface area contributed by atoms with Gasteiger partial charge in [-0.25, -0.2) is 0 Å². The smallest absolute Gasteiger partial charge is 0.263 e. The quantitative estimate of drug-likeness (QED) is 0.612. The molecule has 5 nitrogen and oxygen atoms in total. The van der Waals surface area contributed by atoms with Gasteiger partial charge in [0.25, 0.3) is 5.91 Å². The van der Waals surface area contributed by atoms with Crippen molar-refractivity contribution in [3.63, 3.8) is 0 Å². The van der Waals surface area contributed by atoms with Gasteiger partial charge in [-0.1, -0.05) is 30.3 Å². The van der Waals surface area contributed by atoms with E-state index >= 15 is 0 Å². The Morgan fingerprint density at radius 2 is 1.86 bits per heavy atom. The summed E-state index contributed by atoms with van der Waals surface area (Å²) in [5.41, 5.74) is 4.74. The fourth-order valence-corrected chi connectivity index (χ4v) is 3.39. The van der Waals surface area contributed by atoms with Crippen molar-refractivity contribution < 1.29 is 4.79 Å². The molecule has 1 atom stereocenters. The Morgan fingerprint density at radius 1 is 1.11 bits per heavy atom. The third-order valence-corrected chi connectivity index (χ3v) is 5.00. The number of nitrogens with zero attached hydrogens (tertiary/aromatic N) is 2. The van der Waals surface area contributed by atoms with E-state index in [9.17, 15) is 10.1 Å². The van der Waals surface area contributed by atoms with Crippen molar-refractivity contribution in [1.82, 2.24) is 5.32 Å². The van der Waals surface area contributed by atoms with E-state index < -0.39 is 5.91 Å². The maximum Gasteiger partial charge on any atom is 0.263 e. The van der Waals surface area contributed by atoms with Crippen molar-refractivity contribution in [2.45, 2.75) is 38.6 Å². The number of para-hydroxylation sites is 1. The summed E-state index contributed by atoms with van der Waals surface area (Å²) in [5, 5.41) is 24.2. The Balaban J connectivity index is 1.70. The molecule has 140 valence electrons. The summed E-state index contributed by atoms with van der Waals surface area (Å²) in [4.78, 5) is 12.5. The summed E-state index contributed by atoms with van der Waals surface area (Å²) in [7, 11) is 0. The van der Waals surface area contributed by atoms with Crippen LogP contribution in [0.1, 0.15) is 48.1 Å². The van der Waals surface area contributed by atoms with E-state index in [0.717, 1.165) is 18.4 Å². The van der Waals surface area contributed by atoms with Gasteiger partial charge in [0.2, 0.25) is 0 Å². The van der Waals surface area contributed by atoms with E-state index in [-0.39, 0.29) is 11.6 Å². The Morgan fingerprint density at radius 3 is 2.61 bits per heavy atom. The van der Waals surface area contributed by atoms with Crippen LogP contribution in [0.2, 0.25) is 0 Å². The summed E-state index contributed by atoms with van der Waals surface area (Å²) >= 11 is 0. The fraction of sp³-hybridized carbons (Fsp3) is 0.261. The van der Waals surface area contributed by atoms with Crippen molar-refractivity contribution in [3.8, 4) is 12.1 Å². The van der Waals surface area contributed by atoms with Crippen molar-refractivity contribution in [2.75, 3.05) is 5.32 Å². The van der Waals surface area contributed by atoms with E-state index in [4.69, 9.17) is 5.26 Å². The van der Waals surface area contributed by atoms with Crippen LogP contribution in [-0.4, -0.2) is 5.91 Å². The minimum absolute atomic E-state index is 0.0439. The first kappa shape index (κ1) is 19.2. The predicted molar refractivity (Wildman–Crippen MR) is 108 cm³/mol. The van der Waals surface area contributed by atoms with Crippen molar-refractivity contribution in [1.29, 1.82) is 10.5 Å². The van der Waals surface area contributed by atoms with E-state index in [2.05, 4.69) is 28.8 Å². The molecular weight excluding hydrogens is 348 g/mol. The first-order chi connectivity index (χ1) is 13.6.